The predicted molar refractivity (Wildman–Crippen MR) is 107 cm³/mol. The van der Waals surface area contributed by atoms with Crippen molar-refractivity contribution in [3.05, 3.63) is 41.0 Å². The third-order valence-electron chi connectivity index (χ3n) is 5.55. The molecule has 0 radical (unpaired) electrons. The molecule has 144 valence electrons. The molecule has 0 amide bonds. The third kappa shape index (κ3) is 3.56. The molecule has 27 heavy (non-hydrogen) atoms. The van der Waals surface area contributed by atoms with E-state index >= 15 is 0 Å². The maximum Gasteiger partial charge on any atom is 0.157 e. The number of anilines is 1. The third-order valence-corrected chi connectivity index (χ3v) is 5.55. The summed E-state index contributed by atoms with van der Waals surface area (Å²) in [6.07, 6.45) is 5.47. The Balaban J connectivity index is 1.51. The maximum absolute atomic E-state index is 6.22. The van der Waals surface area contributed by atoms with Crippen LogP contribution in [0.3, 0.4) is 0 Å². The topological polar surface area (TPSA) is 77.3 Å². The van der Waals surface area contributed by atoms with Crippen molar-refractivity contribution in [1.29, 1.82) is 0 Å². The lowest BCUT2D eigenvalue weighted by Gasteiger charge is -2.32. The first-order chi connectivity index (χ1) is 13.0. The van der Waals surface area contributed by atoms with Crippen LogP contribution in [0.5, 0.6) is 0 Å². The molecule has 0 unspecified atom stereocenters. The maximum atomic E-state index is 6.22. The second-order valence-electron chi connectivity index (χ2n) is 7.71. The Morgan fingerprint density at radius 1 is 1.26 bits per heavy atom. The molecule has 0 spiro atoms. The summed E-state index contributed by atoms with van der Waals surface area (Å²) >= 11 is 0. The number of likely N-dealkylation sites (tertiary alicyclic amines) is 1. The Kier molecular flexibility index (Phi) is 4.86. The summed E-state index contributed by atoms with van der Waals surface area (Å²) in [6, 6.07) is 3.99. The summed E-state index contributed by atoms with van der Waals surface area (Å²) < 4.78 is 3.85. The molecule has 0 aromatic carbocycles. The van der Waals surface area contributed by atoms with Gasteiger partial charge < -0.3 is 5.73 Å². The van der Waals surface area contributed by atoms with E-state index in [-0.39, 0.29) is 0 Å². The van der Waals surface area contributed by atoms with Crippen LogP contribution >= 0.6 is 0 Å². The zero-order valence-corrected chi connectivity index (χ0v) is 16.5. The first kappa shape index (κ1) is 18.0. The highest BCUT2D eigenvalue weighted by Crippen LogP contribution is 2.28. The first-order valence-electron chi connectivity index (χ1n) is 9.91. The average molecular weight is 368 g/mol. The highest BCUT2D eigenvalue weighted by molar-refractivity contribution is 5.48. The van der Waals surface area contributed by atoms with E-state index < -0.39 is 0 Å². The van der Waals surface area contributed by atoms with Crippen LogP contribution in [0.2, 0.25) is 0 Å². The fourth-order valence-corrected chi connectivity index (χ4v) is 4.10. The summed E-state index contributed by atoms with van der Waals surface area (Å²) in [5.41, 5.74) is 11.7. The summed E-state index contributed by atoms with van der Waals surface area (Å²) in [5, 5.41) is 8.95. The Morgan fingerprint density at radius 3 is 2.93 bits per heavy atom. The predicted octanol–water partition coefficient (Wildman–Crippen LogP) is 2.91. The number of aromatic nitrogens is 5. The molecule has 3 aromatic heterocycles. The lowest BCUT2D eigenvalue weighted by atomic mass is 9.94. The van der Waals surface area contributed by atoms with Crippen LogP contribution in [0.4, 0.5) is 5.82 Å². The number of hydrogen-bond acceptors (Lipinski definition) is 5. The van der Waals surface area contributed by atoms with Gasteiger partial charge in [0.1, 0.15) is 5.82 Å². The van der Waals surface area contributed by atoms with Gasteiger partial charge >= 0.3 is 0 Å². The molecule has 3 aromatic rings. The fraction of sp³-hybridized carbons (Fsp3) is 0.550. The zero-order chi connectivity index (χ0) is 19.0. The minimum Gasteiger partial charge on any atom is -0.384 e. The average Bonchev–Trinajstić information content (AvgIpc) is 3.19. The van der Waals surface area contributed by atoms with Gasteiger partial charge in [-0.1, -0.05) is 6.92 Å². The van der Waals surface area contributed by atoms with Crippen LogP contribution < -0.4 is 5.73 Å². The van der Waals surface area contributed by atoms with Crippen LogP contribution in [0.1, 0.15) is 54.7 Å². The molecule has 2 N–H and O–H groups in total. The van der Waals surface area contributed by atoms with Gasteiger partial charge in [0, 0.05) is 48.9 Å². The number of aryl methyl sites for hydroxylation is 2. The first-order valence-corrected chi connectivity index (χ1v) is 9.91. The molecular weight excluding hydrogens is 338 g/mol. The summed E-state index contributed by atoms with van der Waals surface area (Å²) in [4.78, 5) is 7.37. The van der Waals surface area contributed by atoms with E-state index in [4.69, 9.17) is 10.7 Å². The number of nitrogen functional groups attached to an aromatic ring is 1. The van der Waals surface area contributed by atoms with Gasteiger partial charge in [-0.05, 0) is 39.7 Å². The van der Waals surface area contributed by atoms with Crippen molar-refractivity contribution in [3.8, 4) is 0 Å². The lowest BCUT2D eigenvalue weighted by molar-refractivity contribution is 0.198. The molecule has 1 atom stereocenters. The van der Waals surface area contributed by atoms with Gasteiger partial charge in [0.05, 0.1) is 17.6 Å². The van der Waals surface area contributed by atoms with Gasteiger partial charge in [0.2, 0.25) is 0 Å². The molecule has 0 aliphatic carbocycles. The van der Waals surface area contributed by atoms with Crippen molar-refractivity contribution in [1.82, 2.24) is 29.3 Å². The SMILES string of the molecule is CCCn1ncc(CN2CCC[C@H](c3cc(N)n4nc(C)cc4n3)C2)c1C. The fourth-order valence-electron chi connectivity index (χ4n) is 4.10. The second-order valence-corrected chi connectivity index (χ2v) is 7.71. The van der Waals surface area contributed by atoms with Crippen LogP contribution in [-0.2, 0) is 13.1 Å². The highest BCUT2D eigenvalue weighted by atomic mass is 15.3. The molecule has 7 nitrogen and oxygen atoms in total. The Labute approximate surface area is 160 Å². The number of nitrogens with two attached hydrogens (primary N) is 1. The highest BCUT2D eigenvalue weighted by Gasteiger charge is 2.24. The largest absolute Gasteiger partial charge is 0.384 e. The smallest absolute Gasteiger partial charge is 0.157 e. The van der Waals surface area contributed by atoms with Crippen LogP contribution in [0, 0.1) is 13.8 Å². The van der Waals surface area contributed by atoms with E-state index in [0.29, 0.717) is 11.7 Å². The van der Waals surface area contributed by atoms with E-state index in [0.717, 1.165) is 56.1 Å². The van der Waals surface area contributed by atoms with Crippen LogP contribution in [0.15, 0.2) is 18.3 Å². The molecule has 4 heterocycles. The quantitative estimate of drug-likeness (QED) is 0.750. The number of hydrogen-bond donors (Lipinski definition) is 1. The Hall–Kier alpha value is -2.41. The molecule has 1 fully saturated rings. The van der Waals surface area contributed by atoms with Gasteiger partial charge in [0.15, 0.2) is 5.65 Å². The van der Waals surface area contributed by atoms with E-state index in [1.54, 1.807) is 4.52 Å². The van der Waals surface area contributed by atoms with E-state index in [2.05, 4.69) is 33.6 Å². The van der Waals surface area contributed by atoms with Crippen molar-refractivity contribution in [2.24, 2.45) is 0 Å². The lowest BCUT2D eigenvalue weighted by Crippen LogP contribution is -2.34. The van der Waals surface area contributed by atoms with Gasteiger partial charge in [0.25, 0.3) is 0 Å². The number of piperidine rings is 1. The number of rotatable bonds is 5. The Morgan fingerprint density at radius 2 is 2.11 bits per heavy atom. The molecule has 1 aliphatic rings. The minimum absolute atomic E-state index is 0.409. The number of fused-ring (bicyclic) bond motifs is 1. The van der Waals surface area contributed by atoms with E-state index in [9.17, 15) is 0 Å². The van der Waals surface area contributed by atoms with Gasteiger partial charge in [-0.25, -0.2) is 4.98 Å². The van der Waals surface area contributed by atoms with Crippen LogP contribution in [-0.4, -0.2) is 42.4 Å². The molecule has 7 heteroatoms. The Bertz CT molecular complexity index is 939. The molecule has 0 bridgehead atoms. The zero-order valence-electron chi connectivity index (χ0n) is 16.5. The van der Waals surface area contributed by atoms with Crippen molar-refractivity contribution >= 4 is 11.5 Å². The van der Waals surface area contributed by atoms with E-state index in [1.807, 2.05) is 25.3 Å². The van der Waals surface area contributed by atoms with E-state index in [1.165, 1.54) is 17.7 Å². The van der Waals surface area contributed by atoms with Gasteiger partial charge in [-0.2, -0.15) is 14.7 Å². The molecule has 0 saturated carbocycles. The monoisotopic (exact) mass is 367 g/mol. The van der Waals surface area contributed by atoms with Gasteiger partial charge in [-0.15, -0.1) is 0 Å². The van der Waals surface area contributed by atoms with Crippen molar-refractivity contribution in [2.45, 2.75) is 59.0 Å². The second kappa shape index (κ2) is 7.31. The summed E-state index contributed by atoms with van der Waals surface area (Å²) in [5.74, 6) is 1.07. The van der Waals surface area contributed by atoms with Crippen molar-refractivity contribution in [2.75, 3.05) is 18.8 Å². The van der Waals surface area contributed by atoms with Gasteiger partial charge in [-0.3, -0.25) is 9.58 Å². The van der Waals surface area contributed by atoms with Crippen molar-refractivity contribution in [3.63, 3.8) is 0 Å². The normalized spacial score (nSPS) is 18.4. The van der Waals surface area contributed by atoms with Crippen LogP contribution in [0.25, 0.3) is 5.65 Å². The summed E-state index contributed by atoms with van der Waals surface area (Å²) in [6.45, 7) is 10.4. The molecule has 1 saturated heterocycles. The molecular formula is C20H29N7. The summed E-state index contributed by atoms with van der Waals surface area (Å²) in [7, 11) is 0. The molecule has 1 aliphatic heterocycles. The van der Waals surface area contributed by atoms with Crippen molar-refractivity contribution < 1.29 is 0 Å². The minimum atomic E-state index is 0.409. The number of nitrogens with zero attached hydrogens (tertiary/aromatic N) is 6. The molecule has 4 rings (SSSR count). The standard InChI is InChI=1S/C20H29N7/c1-4-7-26-15(3)17(11-22-26)13-25-8-5-6-16(12-25)18-10-19(21)27-20(23-18)9-14(2)24-27/h9-11,16H,4-8,12-13,21H2,1-3H3/t16-/m0/s1.